The van der Waals surface area contributed by atoms with Gasteiger partial charge in [0, 0.05) is 61.7 Å². The number of allylic oxidation sites excluding steroid dienone is 2. The minimum atomic E-state index is -0.603. The van der Waals surface area contributed by atoms with E-state index in [2.05, 4.69) is 43.8 Å². The Bertz CT molecular complexity index is 2300. The van der Waals surface area contributed by atoms with Crippen molar-refractivity contribution in [3.63, 3.8) is 0 Å². The molecule has 4 aliphatic rings. The number of fused-ring (bicyclic) bond motifs is 6. The number of carbonyl (C=O) groups is 2. The van der Waals surface area contributed by atoms with Gasteiger partial charge >= 0.3 is 0 Å². The zero-order valence-electron chi connectivity index (χ0n) is 35.4. The SMILES string of the molecule is CNO.[3H]C.[C-]#[N+]C1=C[C@]2(C)c3nn(C)c(-c4nc(C)no4)c3CC[C@H]2C(C)(C)C1=O.[C-]#[N+]C1C[C@]2(C)c3nn(C)c(-c4nc(C)no4)c3CC[C@H]2C(C)(C)C1=O. The van der Waals surface area contributed by atoms with E-state index in [1.807, 2.05) is 52.5 Å². The fourth-order valence-corrected chi connectivity index (χ4v) is 10.1. The number of carbonyl (C=O) groups excluding carboxylic acids is 2. The molecule has 5 atom stereocenters. The van der Waals surface area contributed by atoms with E-state index in [1.165, 1.54) is 14.5 Å². The predicted octanol–water partition coefficient (Wildman–Crippen LogP) is 6.13. The Morgan fingerprint density at radius 2 is 1.36 bits per heavy atom. The molecule has 0 aliphatic heterocycles. The number of nitrogens with zero attached hydrogens (tertiary/aromatic N) is 10. The lowest BCUT2D eigenvalue weighted by molar-refractivity contribution is -0.137. The van der Waals surface area contributed by atoms with Crippen LogP contribution in [0.1, 0.15) is 104 Å². The van der Waals surface area contributed by atoms with Crippen LogP contribution < -0.4 is 5.48 Å². The third-order valence-corrected chi connectivity index (χ3v) is 12.5. The molecule has 0 radical (unpaired) electrons. The number of hydroxylamine groups is 1. The molecule has 0 bridgehead atoms. The van der Waals surface area contributed by atoms with Crippen LogP contribution in [0.15, 0.2) is 20.8 Å². The molecule has 1 saturated carbocycles. The smallest absolute Gasteiger partial charge is 0.282 e. The molecular formula is C40H53N11O5. The highest BCUT2D eigenvalue weighted by Gasteiger charge is 2.61. The molecule has 4 aromatic rings. The highest BCUT2D eigenvalue weighted by molar-refractivity contribution is 6.02. The third-order valence-electron chi connectivity index (χ3n) is 12.5. The zero-order chi connectivity index (χ0) is 42.4. The van der Waals surface area contributed by atoms with Crippen LogP contribution in [0.25, 0.3) is 32.9 Å². The lowest BCUT2D eigenvalue weighted by Gasteiger charge is -2.51. The van der Waals surface area contributed by atoms with Crippen molar-refractivity contribution in [3.8, 4) is 23.2 Å². The van der Waals surface area contributed by atoms with Crippen molar-refractivity contribution >= 4 is 11.6 Å². The molecule has 298 valence electrons. The number of rotatable bonds is 2. The molecule has 4 aliphatic carbocycles. The molecule has 2 N–H and O–H groups in total. The molecule has 8 rings (SSSR count). The summed E-state index contributed by atoms with van der Waals surface area (Å²) in [6, 6.07) is -0.603. The topological polar surface area (TPSA) is 189 Å². The fraction of sp³-hybridized carbons (Fsp3) is 0.600. The van der Waals surface area contributed by atoms with E-state index in [0.29, 0.717) is 29.9 Å². The van der Waals surface area contributed by atoms with Gasteiger partial charge in [-0.2, -0.15) is 20.2 Å². The van der Waals surface area contributed by atoms with Gasteiger partial charge in [0.15, 0.2) is 17.4 Å². The highest BCUT2D eigenvalue weighted by Crippen LogP contribution is 2.58. The molecule has 1 unspecified atom stereocenters. The minimum Gasteiger partial charge on any atom is -0.332 e. The van der Waals surface area contributed by atoms with Gasteiger partial charge in [-0.3, -0.25) is 14.2 Å². The molecule has 4 aromatic heterocycles. The second kappa shape index (κ2) is 14.6. The predicted molar refractivity (Wildman–Crippen MR) is 206 cm³/mol. The average Bonchev–Trinajstić information content (AvgIpc) is 3.95. The fourth-order valence-electron chi connectivity index (χ4n) is 10.1. The molecule has 1 fully saturated rings. The zero-order valence-corrected chi connectivity index (χ0v) is 34.4. The van der Waals surface area contributed by atoms with Gasteiger partial charge < -0.3 is 23.9 Å². The molecule has 0 spiro atoms. The van der Waals surface area contributed by atoms with Gasteiger partial charge in [0.1, 0.15) is 11.4 Å². The quantitative estimate of drug-likeness (QED) is 0.176. The highest BCUT2D eigenvalue weighted by atomic mass is 16.5. The number of Topliss-reactive ketones (excluding diaryl/α,β-unsaturated/α-hetero) is 2. The minimum absolute atomic E-state index is 0.0675. The Labute approximate surface area is 329 Å². The van der Waals surface area contributed by atoms with Crippen LogP contribution in [-0.2, 0) is 47.4 Å². The van der Waals surface area contributed by atoms with Crippen LogP contribution in [0.4, 0.5) is 0 Å². The van der Waals surface area contributed by atoms with E-state index in [1.54, 1.807) is 24.0 Å². The van der Waals surface area contributed by atoms with Crippen LogP contribution in [0.2, 0.25) is 0 Å². The molecule has 16 nitrogen and oxygen atoms in total. The lowest BCUT2D eigenvalue weighted by Crippen LogP contribution is -2.56. The summed E-state index contributed by atoms with van der Waals surface area (Å²) in [4.78, 5) is 41.5. The van der Waals surface area contributed by atoms with Gasteiger partial charge in [-0.15, -0.1) is 0 Å². The Hall–Kier alpha value is -5.32. The summed E-state index contributed by atoms with van der Waals surface area (Å²) in [5.74, 6) is 2.37. The van der Waals surface area contributed by atoms with Gasteiger partial charge in [-0.1, -0.05) is 65.3 Å². The first kappa shape index (κ1) is 40.3. The van der Waals surface area contributed by atoms with Crippen molar-refractivity contribution in [3.05, 3.63) is 68.8 Å². The van der Waals surface area contributed by atoms with Crippen LogP contribution in [0, 0.1) is 49.7 Å². The van der Waals surface area contributed by atoms with E-state index in [4.69, 9.17) is 39.0 Å². The summed E-state index contributed by atoms with van der Waals surface area (Å²) >= 11 is 0. The Morgan fingerprint density at radius 1 is 0.875 bits per heavy atom. The largest absolute Gasteiger partial charge is 0.332 e. The van der Waals surface area contributed by atoms with E-state index < -0.39 is 22.3 Å². The Kier molecular flexibility index (Phi) is 10.5. The number of aromatic nitrogens is 8. The normalized spacial score (nSPS) is 26.7. The van der Waals surface area contributed by atoms with Crippen molar-refractivity contribution in [2.45, 2.75) is 112 Å². The van der Waals surface area contributed by atoms with Crippen LogP contribution >= 0.6 is 0 Å². The van der Waals surface area contributed by atoms with Crippen molar-refractivity contribution < 1.29 is 25.2 Å². The Balaban J connectivity index is 0.000000196. The van der Waals surface area contributed by atoms with Gasteiger partial charge in [0.25, 0.3) is 17.8 Å². The van der Waals surface area contributed by atoms with E-state index in [0.717, 1.165) is 59.6 Å². The second-order valence-electron chi connectivity index (χ2n) is 16.6. The standard InChI is InChI=1S/C19H23N5O2.C19H21N5O2.CH5NO.CH4/c2*1-10-21-17(26-23-10)14-11-7-8-13-18(2,3)16(25)12(20-5)9-19(13,4)15(11)22-24(14)6;1-2-3;/h12-13H,7-9H2,1-4,6H3;9,13H,7-8H2,1-4,6H3;2-3H,1H3;1H4/t12?,13-,19-;13-,19-;;/m00../s1/i;;;1T. The first-order valence-electron chi connectivity index (χ1n) is 19.4. The van der Waals surface area contributed by atoms with Crippen molar-refractivity contribution in [1.82, 2.24) is 45.3 Å². The molecule has 0 saturated heterocycles. The summed E-state index contributed by atoms with van der Waals surface area (Å²) in [5.41, 5.74) is 5.80. The summed E-state index contributed by atoms with van der Waals surface area (Å²) in [7, 11) is 6.43. The van der Waals surface area contributed by atoms with E-state index in [-0.39, 0.29) is 34.5 Å². The molecular weight excluding hydrogens is 715 g/mol. The van der Waals surface area contributed by atoms with Crippen LogP contribution in [-0.4, -0.2) is 69.7 Å². The van der Waals surface area contributed by atoms with Gasteiger partial charge in [0.05, 0.1) is 18.0 Å². The molecule has 4 heterocycles. The maximum atomic E-state index is 12.8. The molecule has 0 aromatic carbocycles. The number of hydrogen-bond acceptors (Lipinski definition) is 12. The summed E-state index contributed by atoms with van der Waals surface area (Å²) < 4.78 is 20.1. The average molecular weight is 770 g/mol. The van der Waals surface area contributed by atoms with Crippen LogP contribution in [0.3, 0.4) is 0 Å². The maximum absolute atomic E-state index is 12.8. The van der Waals surface area contributed by atoms with Gasteiger partial charge in [0.2, 0.25) is 11.5 Å². The maximum Gasteiger partial charge on any atom is 0.282 e. The van der Waals surface area contributed by atoms with E-state index >= 15 is 0 Å². The first-order valence-corrected chi connectivity index (χ1v) is 18.4. The van der Waals surface area contributed by atoms with Crippen LogP contribution in [0.5, 0.6) is 0 Å². The molecule has 16 heteroatoms. The first-order chi connectivity index (χ1) is 26.8. The summed E-state index contributed by atoms with van der Waals surface area (Å²) in [6.07, 6.45) is 5.69. The molecule has 56 heavy (non-hydrogen) atoms. The number of nitrogens with one attached hydrogen (secondary N) is 1. The third kappa shape index (κ3) is 6.29. The number of aryl methyl sites for hydroxylation is 4. The summed E-state index contributed by atoms with van der Waals surface area (Å²) in [6.45, 7) is 30.7. The Morgan fingerprint density at radius 3 is 1.82 bits per heavy atom. The van der Waals surface area contributed by atoms with Gasteiger partial charge in [-0.25, -0.2) is 16.9 Å². The number of hydrogen-bond donors (Lipinski definition) is 2. The summed E-state index contributed by atoms with van der Waals surface area (Å²) in [5, 5.41) is 24.7. The second-order valence-corrected chi connectivity index (χ2v) is 16.6. The lowest BCUT2D eigenvalue weighted by atomic mass is 9.50. The van der Waals surface area contributed by atoms with E-state index in [9.17, 15) is 9.59 Å². The van der Waals surface area contributed by atoms with Crippen molar-refractivity contribution in [1.29, 1.82) is 0 Å². The monoisotopic (exact) mass is 769 g/mol. The van der Waals surface area contributed by atoms with Crippen molar-refractivity contribution in [2.75, 3.05) is 7.05 Å². The van der Waals surface area contributed by atoms with Gasteiger partial charge in [-0.05, 0) is 51.4 Å². The molecule has 0 amide bonds. The van der Waals surface area contributed by atoms with Crippen molar-refractivity contribution in [2.24, 2.45) is 36.8 Å². The number of ketones is 2.